The number of benzene rings is 2. The van der Waals surface area contributed by atoms with Gasteiger partial charge in [0.15, 0.2) is 0 Å². The molecule has 0 aliphatic rings. The minimum absolute atomic E-state index is 0.271. The van der Waals surface area contributed by atoms with Crippen molar-refractivity contribution in [3.8, 4) is 0 Å². The van der Waals surface area contributed by atoms with E-state index in [0.717, 1.165) is 5.56 Å². The van der Waals surface area contributed by atoms with E-state index in [9.17, 15) is 9.59 Å². The van der Waals surface area contributed by atoms with E-state index in [2.05, 4.69) is 0 Å². The fraction of sp³-hybridized carbons (Fsp3) is 0.222. The van der Waals surface area contributed by atoms with Crippen LogP contribution in [0.2, 0.25) is 0 Å². The van der Waals surface area contributed by atoms with E-state index in [1.807, 2.05) is 31.2 Å². The Morgan fingerprint density at radius 1 is 1.00 bits per heavy atom. The Labute approximate surface area is 130 Å². The maximum Gasteiger partial charge on any atom is 0.339 e. The van der Waals surface area contributed by atoms with E-state index in [-0.39, 0.29) is 5.91 Å². The van der Waals surface area contributed by atoms with Gasteiger partial charge in [-0.2, -0.15) is 0 Å². The molecule has 4 nitrogen and oxygen atoms in total. The molecule has 0 fully saturated rings. The molecular weight excluding hydrogens is 278 g/mol. The topological polar surface area (TPSA) is 46.6 Å². The third kappa shape index (κ3) is 3.73. The van der Waals surface area contributed by atoms with Crippen LogP contribution in [0, 0.1) is 6.92 Å². The fourth-order valence-electron chi connectivity index (χ4n) is 2.07. The first-order valence-electron chi connectivity index (χ1n) is 7.03. The number of aryl methyl sites for hydroxylation is 1. The molecule has 0 N–H and O–H groups in total. The van der Waals surface area contributed by atoms with E-state index in [1.54, 1.807) is 44.4 Å². The number of esters is 1. The van der Waals surface area contributed by atoms with Crippen LogP contribution in [0.4, 0.5) is 0 Å². The molecule has 0 aromatic heterocycles. The monoisotopic (exact) mass is 297 g/mol. The molecule has 0 aliphatic heterocycles. The minimum atomic E-state index is -0.941. The van der Waals surface area contributed by atoms with Crippen LogP contribution in [0.15, 0.2) is 54.6 Å². The molecule has 4 heteroatoms. The van der Waals surface area contributed by atoms with Crippen molar-refractivity contribution in [3.63, 3.8) is 0 Å². The molecule has 0 radical (unpaired) electrons. The van der Waals surface area contributed by atoms with Gasteiger partial charge in [0.2, 0.25) is 6.10 Å². The van der Waals surface area contributed by atoms with E-state index < -0.39 is 12.1 Å². The second kappa shape index (κ2) is 6.89. The molecule has 0 spiro atoms. The van der Waals surface area contributed by atoms with Crippen LogP contribution in [0.25, 0.3) is 0 Å². The van der Waals surface area contributed by atoms with Crippen LogP contribution in [-0.2, 0) is 9.53 Å². The smallest absolute Gasteiger partial charge is 0.339 e. The Kier molecular flexibility index (Phi) is 4.94. The molecule has 2 aromatic rings. The highest BCUT2D eigenvalue weighted by Gasteiger charge is 2.26. The molecule has 0 bridgehead atoms. The SMILES string of the molecule is Cc1cccc(C(=O)O[C@H](C(=O)N(C)C)c2ccccc2)c1. The summed E-state index contributed by atoms with van der Waals surface area (Å²) in [6, 6.07) is 16.1. The summed E-state index contributed by atoms with van der Waals surface area (Å²) in [5.41, 5.74) is 2.05. The predicted octanol–water partition coefficient (Wildman–Crippen LogP) is 2.98. The molecule has 0 aliphatic carbocycles. The second-order valence-corrected chi connectivity index (χ2v) is 5.30. The lowest BCUT2D eigenvalue weighted by Gasteiger charge is -2.21. The molecule has 1 amide bonds. The lowest BCUT2D eigenvalue weighted by Crippen LogP contribution is -2.31. The van der Waals surface area contributed by atoms with E-state index in [4.69, 9.17) is 4.74 Å². The lowest BCUT2D eigenvalue weighted by molar-refractivity contribution is -0.138. The van der Waals surface area contributed by atoms with Gasteiger partial charge in [-0.05, 0) is 19.1 Å². The van der Waals surface area contributed by atoms with Crippen LogP contribution in [0.3, 0.4) is 0 Å². The van der Waals surface area contributed by atoms with Crippen LogP contribution in [0.5, 0.6) is 0 Å². The maximum absolute atomic E-state index is 12.3. The number of ether oxygens (including phenoxy) is 1. The summed E-state index contributed by atoms with van der Waals surface area (Å²) in [6.07, 6.45) is -0.941. The van der Waals surface area contributed by atoms with Crippen molar-refractivity contribution in [1.29, 1.82) is 0 Å². The van der Waals surface area contributed by atoms with Crippen LogP contribution in [0.1, 0.15) is 27.6 Å². The first-order chi connectivity index (χ1) is 10.5. The number of likely N-dealkylation sites (N-methyl/N-ethyl adjacent to an activating group) is 1. The highest BCUT2D eigenvalue weighted by Crippen LogP contribution is 2.21. The van der Waals surface area contributed by atoms with Gasteiger partial charge in [-0.3, -0.25) is 4.79 Å². The van der Waals surface area contributed by atoms with E-state index >= 15 is 0 Å². The third-order valence-electron chi connectivity index (χ3n) is 3.25. The Bertz CT molecular complexity index is 665. The van der Waals surface area contributed by atoms with Crippen molar-refractivity contribution in [2.75, 3.05) is 14.1 Å². The number of nitrogens with zero attached hydrogens (tertiary/aromatic N) is 1. The van der Waals surface area contributed by atoms with Crippen molar-refractivity contribution in [2.24, 2.45) is 0 Å². The molecule has 22 heavy (non-hydrogen) atoms. The molecule has 0 unspecified atom stereocenters. The number of amides is 1. The van der Waals surface area contributed by atoms with Gasteiger partial charge >= 0.3 is 5.97 Å². The zero-order chi connectivity index (χ0) is 16.1. The summed E-state index contributed by atoms with van der Waals surface area (Å²) < 4.78 is 5.47. The van der Waals surface area contributed by atoms with Crippen molar-refractivity contribution in [3.05, 3.63) is 71.3 Å². The van der Waals surface area contributed by atoms with Gasteiger partial charge in [0.05, 0.1) is 5.56 Å². The van der Waals surface area contributed by atoms with E-state index in [1.165, 1.54) is 4.90 Å². The highest BCUT2D eigenvalue weighted by atomic mass is 16.5. The highest BCUT2D eigenvalue weighted by molar-refractivity contribution is 5.92. The molecule has 2 aromatic carbocycles. The van der Waals surface area contributed by atoms with Crippen LogP contribution < -0.4 is 0 Å². The van der Waals surface area contributed by atoms with Crippen molar-refractivity contribution in [1.82, 2.24) is 4.90 Å². The van der Waals surface area contributed by atoms with Crippen molar-refractivity contribution >= 4 is 11.9 Å². The Balaban J connectivity index is 2.27. The summed E-state index contributed by atoms with van der Waals surface area (Å²) in [5, 5.41) is 0. The Hall–Kier alpha value is -2.62. The molecule has 1 atom stereocenters. The number of hydrogen-bond acceptors (Lipinski definition) is 3. The molecule has 0 heterocycles. The second-order valence-electron chi connectivity index (χ2n) is 5.30. The standard InChI is InChI=1S/C18H19NO3/c1-13-8-7-11-15(12-13)18(21)22-16(17(20)19(2)3)14-9-5-4-6-10-14/h4-12,16H,1-3H3/t16-/m0/s1. The van der Waals surface area contributed by atoms with Gasteiger partial charge in [-0.1, -0.05) is 48.0 Å². The Morgan fingerprint density at radius 2 is 1.68 bits per heavy atom. The van der Waals surface area contributed by atoms with Gasteiger partial charge in [0.25, 0.3) is 5.91 Å². The van der Waals surface area contributed by atoms with Gasteiger partial charge in [-0.25, -0.2) is 4.79 Å². The van der Waals surface area contributed by atoms with Crippen LogP contribution >= 0.6 is 0 Å². The Morgan fingerprint density at radius 3 is 2.27 bits per heavy atom. The summed E-state index contributed by atoms with van der Waals surface area (Å²) in [7, 11) is 3.28. The molecule has 0 saturated carbocycles. The van der Waals surface area contributed by atoms with Gasteiger partial charge < -0.3 is 9.64 Å². The first-order valence-corrected chi connectivity index (χ1v) is 7.03. The summed E-state index contributed by atoms with van der Waals surface area (Å²) in [5.74, 6) is -0.778. The van der Waals surface area contributed by atoms with Crippen LogP contribution in [-0.4, -0.2) is 30.9 Å². The molecular formula is C18H19NO3. The maximum atomic E-state index is 12.3. The third-order valence-corrected chi connectivity index (χ3v) is 3.25. The number of hydrogen-bond donors (Lipinski definition) is 0. The fourth-order valence-corrected chi connectivity index (χ4v) is 2.07. The zero-order valence-corrected chi connectivity index (χ0v) is 12.9. The average Bonchev–Trinajstić information content (AvgIpc) is 2.52. The zero-order valence-electron chi connectivity index (χ0n) is 12.9. The van der Waals surface area contributed by atoms with Gasteiger partial charge in [0, 0.05) is 19.7 Å². The average molecular weight is 297 g/mol. The quantitative estimate of drug-likeness (QED) is 0.815. The number of carbonyl (C=O) groups excluding carboxylic acids is 2. The number of carbonyl (C=O) groups is 2. The molecule has 2 rings (SSSR count). The summed E-state index contributed by atoms with van der Waals surface area (Å²) in [4.78, 5) is 26.1. The lowest BCUT2D eigenvalue weighted by atomic mass is 10.1. The van der Waals surface area contributed by atoms with Gasteiger partial charge in [0.1, 0.15) is 0 Å². The minimum Gasteiger partial charge on any atom is -0.444 e. The van der Waals surface area contributed by atoms with Crippen molar-refractivity contribution < 1.29 is 14.3 Å². The summed E-state index contributed by atoms with van der Waals surface area (Å²) in [6.45, 7) is 1.90. The van der Waals surface area contributed by atoms with Gasteiger partial charge in [-0.15, -0.1) is 0 Å². The molecule has 0 saturated heterocycles. The molecule has 114 valence electrons. The van der Waals surface area contributed by atoms with E-state index in [0.29, 0.717) is 11.1 Å². The predicted molar refractivity (Wildman–Crippen MR) is 84.5 cm³/mol. The summed E-state index contributed by atoms with van der Waals surface area (Å²) >= 11 is 0. The first kappa shape index (κ1) is 15.8. The number of rotatable bonds is 4. The normalized spacial score (nSPS) is 11.6. The van der Waals surface area contributed by atoms with Crippen molar-refractivity contribution in [2.45, 2.75) is 13.0 Å². The largest absolute Gasteiger partial charge is 0.444 e.